The average Bonchev–Trinajstić information content (AvgIpc) is 3.36. The standard InChI is InChI=1S/C21H18BrN3O3/c22-15-5-3-14(4-6-15)20-17-2-1-9-24(17)10-11-25(20)21(26)23-16-7-8-18-19(12-16)28-13-27-18/h1-9,12,20H,10-11,13H2,(H,23,26)/t20-/m0/s1. The number of ether oxygens (including phenoxy) is 2. The number of aromatic nitrogens is 1. The van der Waals surface area contributed by atoms with Gasteiger partial charge < -0.3 is 24.3 Å². The molecule has 1 N–H and O–H groups in total. The number of carbonyl (C=O) groups is 1. The highest BCUT2D eigenvalue weighted by Crippen LogP contribution is 2.36. The normalized spacial score (nSPS) is 17.3. The number of benzene rings is 2. The van der Waals surface area contributed by atoms with E-state index in [-0.39, 0.29) is 18.9 Å². The van der Waals surface area contributed by atoms with Crippen molar-refractivity contribution < 1.29 is 14.3 Å². The Morgan fingerprint density at radius 1 is 1.04 bits per heavy atom. The van der Waals surface area contributed by atoms with Crippen LogP contribution in [0.25, 0.3) is 0 Å². The molecule has 0 saturated carbocycles. The Hall–Kier alpha value is -2.93. The summed E-state index contributed by atoms with van der Waals surface area (Å²) in [6.07, 6.45) is 2.06. The van der Waals surface area contributed by atoms with Crippen LogP contribution in [0.4, 0.5) is 10.5 Å². The maximum absolute atomic E-state index is 13.2. The third kappa shape index (κ3) is 3.01. The van der Waals surface area contributed by atoms with E-state index in [4.69, 9.17) is 9.47 Å². The van der Waals surface area contributed by atoms with E-state index in [2.05, 4.69) is 50.2 Å². The van der Waals surface area contributed by atoms with Crippen LogP contribution in [0.2, 0.25) is 0 Å². The first-order valence-corrected chi connectivity index (χ1v) is 9.86. The smallest absolute Gasteiger partial charge is 0.322 e. The number of halogens is 1. The van der Waals surface area contributed by atoms with Crippen molar-refractivity contribution in [3.63, 3.8) is 0 Å². The van der Waals surface area contributed by atoms with Gasteiger partial charge in [0.25, 0.3) is 0 Å². The quantitative estimate of drug-likeness (QED) is 0.633. The molecular formula is C21H18BrN3O3. The van der Waals surface area contributed by atoms with Crippen molar-refractivity contribution >= 4 is 27.6 Å². The van der Waals surface area contributed by atoms with Crippen LogP contribution in [0, 0.1) is 0 Å². The van der Waals surface area contributed by atoms with Crippen LogP contribution in [0.1, 0.15) is 17.3 Å². The molecule has 0 radical (unpaired) electrons. The number of rotatable bonds is 2. The number of hydrogen-bond acceptors (Lipinski definition) is 3. The van der Waals surface area contributed by atoms with Crippen molar-refractivity contribution in [2.75, 3.05) is 18.7 Å². The van der Waals surface area contributed by atoms with Crippen LogP contribution in [0.15, 0.2) is 65.3 Å². The van der Waals surface area contributed by atoms with Gasteiger partial charge in [-0.1, -0.05) is 28.1 Å². The van der Waals surface area contributed by atoms with Crippen molar-refractivity contribution in [3.05, 3.63) is 76.5 Å². The monoisotopic (exact) mass is 439 g/mol. The molecule has 142 valence electrons. The maximum Gasteiger partial charge on any atom is 0.322 e. The zero-order valence-corrected chi connectivity index (χ0v) is 16.6. The van der Waals surface area contributed by atoms with Gasteiger partial charge >= 0.3 is 6.03 Å². The zero-order chi connectivity index (χ0) is 19.1. The van der Waals surface area contributed by atoms with Gasteiger partial charge in [-0.3, -0.25) is 0 Å². The third-order valence-electron chi connectivity index (χ3n) is 5.11. The first-order valence-electron chi connectivity index (χ1n) is 9.07. The van der Waals surface area contributed by atoms with Gasteiger partial charge in [-0.25, -0.2) is 4.79 Å². The number of hydrogen-bond donors (Lipinski definition) is 1. The third-order valence-corrected chi connectivity index (χ3v) is 5.64. The van der Waals surface area contributed by atoms with Gasteiger partial charge in [-0.2, -0.15) is 0 Å². The summed E-state index contributed by atoms with van der Waals surface area (Å²) in [5, 5.41) is 3.01. The molecule has 2 aliphatic rings. The molecule has 6 nitrogen and oxygen atoms in total. The number of anilines is 1. The van der Waals surface area contributed by atoms with E-state index < -0.39 is 0 Å². The minimum Gasteiger partial charge on any atom is -0.454 e. The Labute approximate surface area is 170 Å². The summed E-state index contributed by atoms with van der Waals surface area (Å²) in [5.41, 5.74) is 2.86. The Kier molecular flexibility index (Phi) is 4.24. The summed E-state index contributed by atoms with van der Waals surface area (Å²) in [5.74, 6) is 1.34. The predicted molar refractivity (Wildman–Crippen MR) is 109 cm³/mol. The molecule has 7 heteroatoms. The van der Waals surface area contributed by atoms with Crippen LogP contribution < -0.4 is 14.8 Å². The van der Waals surface area contributed by atoms with Gasteiger partial charge in [0.2, 0.25) is 6.79 Å². The van der Waals surface area contributed by atoms with Crippen LogP contribution in [-0.4, -0.2) is 28.8 Å². The minimum atomic E-state index is -0.147. The second-order valence-electron chi connectivity index (χ2n) is 6.77. The Bertz CT molecular complexity index is 1030. The molecular weight excluding hydrogens is 422 g/mol. The molecule has 0 fully saturated rings. The van der Waals surface area contributed by atoms with E-state index in [0.29, 0.717) is 23.7 Å². The highest BCUT2D eigenvalue weighted by Gasteiger charge is 2.32. The van der Waals surface area contributed by atoms with Gasteiger partial charge in [-0.15, -0.1) is 0 Å². The number of fused-ring (bicyclic) bond motifs is 2. The fourth-order valence-electron chi connectivity index (χ4n) is 3.77. The van der Waals surface area contributed by atoms with Gasteiger partial charge in [-0.05, 0) is 42.0 Å². The van der Waals surface area contributed by atoms with E-state index in [1.54, 1.807) is 6.07 Å². The first kappa shape index (κ1) is 17.2. The lowest BCUT2D eigenvalue weighted by Gasteiger charge is -2.37. The molecule has 2 aliphatic heterocycles. The highest BCUT2D eigenvalue weighted by molar-refractivity contribution is 9.10. The van der Waals surface area contributed by atoms with Crippen LogP contribution in [-0.2, 0) is 6.54 Å². The van der Waals surface area contributed by atoms with Gasteiger partial charge in [0.15, 0.2) is 11.5 Å². The molecule has 0 spiro atoms. The van der Waals surface area contributed by atoms with Crippen LogP contribution in [0.3, 0.4) is 0 Å². The van der Waals surface area contributed by atoms with Crippen LogP contribution >= 0.6 is 15.9 Å². The number of nitrogens with one attached hydrogen (secondary N) is 1. The van der Waals surface area contributed by atoms with Gasteiger partial charge in [0.1, 0.15) is 0 Å². The summed E-state index contributed by atoms with van der Waals surface area (Å²) in [7, 11) is 0. The molecule has 0 saturated heterocycles. The summed E-state index contributed by atoms with van der Waals surface area (Å²) in [4.78, 5) is 15.1. The van der Waals surface area contributed by atoms with E-state index in [1.807, 2.05) is 35.2 Å². The molecule has 0 unspecified atom stereocenters. The molecule has 0 bridgehead atoms. The number of amides is 2. The lowest BCUT2D eigenvalue weighted by atomic mass is 10.0. The minimum absolute atomic E-state index is 0.140. The molecule has 3 heterocycles. The highest BCUT2D eigenvalue weighted by atomic mass is 79.9. The Balaban J connectivity index is 1.45. The molecule has 28 heavy (non-hydrogen) atoms. The predicted octanol–water partition coefficient (Wildman–Crippen LogP) is 4.62. The lowest BCUT2D eigenvalue weighted by molar-refractivity contribution is 0.174. The summed E-state index contributed by atoms with van der Waals surface area (Å²) >= 11 is 3.49. The van der Waals surface area contributed by atoms with Crippen LogP contribution in [0.5, 0.6) is 11.5 Å². The fraction of sp³-hybridized carbons (Fsp3) is 0.190. The summed E-state index contributed by atoms with van der Waals surface area (Å²) in [6, 6.07) is 17.4. The molecule has 1 atom stereocenters. The maximum atomic E-state index is 13.2. The first-order chi connectivity index (χ1) is 13.7. The Morgan fingerprint density at radius 3 is 2.71 bits per heavy atom. The van der Waals surface area contributed by atoms with E-state index in [1.165, 1.54) is 0 Å². The molecule has 1 aromatic heterocycles. The second-order valence-corrected chi connectivity index (χ2v) is 7.69. The van der Waals surface area contributed by atoms with Crippen molar-refractivity contribution in [1.29, 1.82) is 0 Å². The zero-order valence-electron chi connectivity index (χ0n) is 15.0. The number of carbonyl (C=O) groups excluding carboxylic acids is 1. The molecule has 3 aromatic rings. The van der Waals surface area contributed by atoms with Crippen molar-refractivity contribution in [2.24, 2.45) is 0 Å². The summed E-state index contributed by atoms with van der Waals surface area (Å²) in [6.45, 7) is 1.60. The van der Waals surface area contributed by atoms with E-state index >= 15 is 0 Å². The van der Waals surface area contributed by atoms with Crippen molar-refractivity contribution in [3.8, 4) is 11.5 Å². The largest absolute Gasteiger partial charge is 0.454 e. The SMILES string of the molecule is O=C(Nc1ccc2c(c1)OCO2)N1CCn2cccc2[C@@H]1c1ccc(Br)cc1. The lowest BCUT2D eigenvalue weighted by Crippen LogP contribution is -2.44. The van der Waals surface area contributed by atoms with Gasteiger partial charge in [0.05, 0.1) is 6.04 Å². The fourth-order valence-corrected chi connectivity index (χ4v) is 4.03. The molecule has 0 aliphatic carbocycles. The second kappa shape index (κ2) is 6.91. The molecule has 2 aromatic carbocycles. The van der Waals surface area contributed by atoms with Gasteiger partial charge in [0, 0.05) is 41.2 Å². The number of urea groups is 1. The molecule has 5 rings (SSSR count). The number of nitrogens with zero attached hydrogens (tertiary/aromatic N) is 2. The van der Waals surface area contributed by atoms with Crippen molar-refractivity contribution in [2.45, 2.75) is 12.6 Å². The summed E-state index contributed by atoms with van der Waals surface area (Å²) < 4.78 is 14.0. The topological polar surface area (TPSA) is 55.7 Å². The van der Waals surface area contributed by atoms with Crippen molar-refractivity contribution in [1.82, 2.24) is 9.47 Å². The van der Waals surface area contributed by atoms with E-state index in [0.717, 1.165) is 22.3 Å². The molecule has 2 amide bonds. The Morgan fingerprint density at radius 2 is 1.86 bits per heavy atom. The average molecular weight is 440 g/mol. The van der Waals surface area contributed by atoms with E-state index in [9.17, 15) is 4.79 Å².